The zero-order valence-corrected chi connectivity index (χ0v) is 17.9. The molecule has 2 heterocycles. The molecule has 138 valence electrons. The van der Waals surface area contributed by atoms with Gasteiger partial charge in [-0.15, -0.1) is 0 Å². The summed E-state index contributed by atoms with van der Waals surface area (Å²) < 4.78 is 11.8. The van der Waals surface area contributed by atoms with Crippen LogP contribution in [0.3, 0.4) is 0 Å². The summed E-state index contributed by atoms with van der Waals surface area (Å²) in [5, 5.41) is 4.16. The largest absolute Gasteiger partial charge is 0.444 e. The molecule has 2 rings (SSSR count). The highest BCUT2D eigenvalue weighted by molar-refractivity contribution is 6.74. The van der Waals surface area contributed by atoms with Gasteiger partial charge in [-0.25, -0.2) is 9.97 Å². The minimum atomic E-state index is -1.82. The van der Waals surface area contributed by atoms with Crippen LogP contribution in [0, 0.1) is 0 Å². The second-order valence-electron chi connectivity index (χ2n) is 8.44. The van der Waals surface area contributed by atoms with Gasteiger partial charge < -0.3 is 14.2 Å². The first-order chi connectivity index (χ1) is 11.4. The number of aromatic nitrogens is 2. The molecule has 0 atom stereocenters. The summed E-state index contributed by atoms with van der Waals surface area (Å²) in [4.78, 5) is 8.63. The molecule has 0 bridgehead atoms. The third kappa shape index (κ3) is 5.06. The maximum absolute atomic E-state index is 6.37. The van der Waals surface area contributed by atoms with Crippen molar-refractivity contribution in [2.45, 2.75) is 58.3 Å². The van der Waals surface area contributed by atoms with Gasteiger partial charge in [-0.2, -0.15) is 0 Å². The number of nitrogens with zero attached hydrogens (tertiary/aromatic N) is 2. The summed E-state index contributed by atoms with van der Waals surface area (Å²) in [6.07, 6.45) is 4.75. The third-order valence-electron chi connectivity index (χ3n) is 4.57. The van der Waals surface area contributed by atoms with Gasteiger partial charge in [0.2, 0.25) is 5.89 Å². The third-order valence-corrected chi connectivity index (χ3v) is 9.26. The molecule has 0 unspecified atom stereocenters. The molecule has 0 saturated carbocycles. The van der Waals surface area contributed by atoms with Crippen molar-refractivity contribution in [3.05, 3.63) is 29.7 Å². The van der Waals surface area contributed by atoms with E-state index in [1.165, 1.54) is 6.26 Å². The molecule has 0 aliphatic carbocycles. The Morgan fingerprint density at radius 3 is 2.44 bits per heavy atom. The Balaban J connectivity index is 2.18. The standard InChI is InChI=1S/C18H28ClN3O2Si/c1-17(2,3)25(6,7)24-12-18(4,5)22-15-14(10-13(19)11-21-15)16-20-8-9-23-16/h8-11H,12H2,1-7H3,(H,21,22). The molecule has 0 fully saturated rings. The van der Waals surface area contributed by atoms with Crippen LogP contribution in [-0.4, -0.2) is 30.4 Å². The predicted octanol–water partition coefficient (Wildman–Crippen LogP) is 5.60. The maximum atomic E-state index is 6.37. The molecule has 0 aliphatic heterocycles. The lowest BCUT2D eigenvalue weighted by molar-refractivity contribution is 0.234. The number of anilines is 1. The fourth-order valence-corrected chi connectivity index (χ4v) is 3.30. The number of hydrogen-bond acceptors (Lipinski definition) is 5. The Morgan fingerprint density at radius 1 is 1.20 bits per heavy atom. The van der Waals surface area contributed by atoms with Gasteiger partial charge in [-0.05, 0) is 38.0 Å². The molecule has 2 aromatic rings. The molecule has 7 heteroatoms. The van der Waals surface area contributed by atoms with E-state index in [9.17, 15) is 0 Å². The number of halogens is 1. The number of rotatable bonds is 6. The van der Waals surface area contributed by atoms with Crippen LogP contribution in [0.5, 0.6) is 0 Å². The summed E-state index contributed by atoms with van der Waals surface area (Å²) in [6.45, 7) is 16.0. The van der Waals surface area contributed by atoms with Gasteiger partial charge in [0.25, 0.3) is 0 Å². The molecule has 0 aliphatic rings. The summed E-state index contributed by atoms with van der Waals surface area (Å²) in [7, 11) is -1.82. The highest BCUT2D eigenvalue weighted by Crippen LogP contribution is 2.37. The first kappa shape index (κ1) is 19.9. The number of nitrogens with one attached hydrogen (secondary N) is 1. The zero-order chi connectivity index (χ0) is 18.9. The van der Waals surface area contributed by atoms with Gasteiger partial charge in [-0.1, -0.05) is 32.4 Å². The van der Waals surface area contributed by atoms with Crippen molar-refractivity contribution >= 4 is 25.7 Å². The monoisotopic (exact) mass is 381 g/mol. The number of oxazole rings is 1. The van der Waals surface area contributed by atoms with Crippen LogP contribution in [0.25, 0.3) is 11.5 Å². The first-order valence-corrected chi connectivity index (χ1v) is 11.7. The van der Waals surface area contributed by atoms with Crippen LogP contribution >= 0.6 is 11.6 Å². The van der Waals surface area contributed by atoms with Gasteiger partial charge in [0.15, 0.2) is 8.32 Å². The highest BCUT2D eigenvalue weighted by Gasteiger charge is 2.38. The summed E-state index contributed by atoms with van der Waals surface area (Å²) >= 11 is 6.10. The van der Waals surface area contributed by atoms with E-state index in [2.05, 4.69) is 63.0 Å². The Kier molecular flexibility index (Phi) is 5.66. The highest BCUT2D eigenvalue weighted by atomic mass is 35.5. The smallest absolute Gasteiger partial charge is 0.229 e. The van der Waals surface area contributed by atoms with E-state index in [0.29, 0.717) is 23.3 Å². The Hall–Kier alpha value is -1.37. The number of hydrogen-bond donors (Lipinski definition) is 1. The molecular formula is C18H28ClN3O2Si. The lowest BCUT2D eigenvalue weighted by atomic mass is 10.1. The minimum absolute atomic E-state index is 0.171. The van der Waals surface area contributed by atoms with Gasteiger partial charge >= 0.3 is 0 Å². The topological polar surface area (TPSA) is 60.2 Å². The predicted molar refractivity (Wildman–Crippen MR) is 106 cm³/mol. The fraction of sp³-hybridized carbons (Fsp3) is 0.556. The van der Waals surface area contributed by atoms with Crippen molar-refractivity contribution in [1.29, 1.82) is 0 Å². The van der Waals surface area contributed by atoms with Crippen molar-refractivity contribution in [3.8, 4) is 11.5 Å². The van der Waals surface area contributed by atoms with Crippen LogP contribution in [-0.2, 0) is 4.43 Å². The van der Waals surface area contributed by atoms with Gasteiger partial charge in [-0.3, -0.25) is 0 Å². The maximum Gasteiger partial charge on any atom is 0.229 e. The van der Waals surface area contributed by atoms with Crippen LogP contribution in [0.15, 0.2) is 29.1 Å². The van der Waals surface area contributed by atoms with Crippen molar-refractivity contribution in [3.63, 3.8) is 0 Å². The van der Waals surface area contributed by atoms with Crippen LogP contribution in [0.2, 0.25) is 23.2 Å². The van der Waals surface area contributed by atoms with E-state index in [0.717, 1.165) is 5.56 Å². The zero-order valence-electron chi connectivity index (χ0n) is 16.1. The van der Waals surface area contributed by atoms with E-state index in [-0.39, 0.29) is 10.6 Å². The average molecular weight is 382 g/mol. The Labute approximate surface area is 156 Å². The lowest BCUT2D eigenvalue weighted by Gasteiger charge is -2.39. The van der Waals surface area contributed by atoms with E-state index in [1.807, 2.05) is 0 Å². The molecule has 0 spiro atoms. The van der Waals surface area contributed by atoms with E-state index in [4.69, 9.17) is 20.4 Å². The van der Waals surface area contributed by atoms with Gasteiger partial charge in [0.05, 0.1) is 28.9 Å². The molecular weight excluding hydrogens is 354 g/mol. The van der Waals surface area contributed by atoms with Crippen molar-refractivity contribution in [1.82, 2.24) is 9.97 Å². The Morgan fingerprint density at radius 2 is 1.88 bits per heavy atom. The molecule has 0 radical (unpaired) electrons. The van der Waals surface area contributed by atoms with E-state index < -0.39 is 8.32 Å². The minimum Gasteiger partial charge on any atom is -0.444 e. The van der Waals surface area contributed by atoms with Crippen LogP contribution in [0.4, 0.5) is 5.82 Å². The van der Waals surface area contributed by atoms with E-state index >= 15 is 0 Å². The number of pyridine rings is 1. The second-order valence-corrected chi connectivity index (χ2v) is 13.7. The fourth-order valence-electron chi connectivity index (χ4n) is 1.99. The molecule has 2 aromatic heterocycles. The molecule has 1 N–H and O–H groups in total. The SMILES string of the molecule is CC(C)(CO[Si](C)(C)C(C)(C)C)Nc1ncc(Cl)cc1-c1ncco1. The molecule has 0 aromatic carbocycles. The summed E-state index contributed by atoms with van der Waals surface area (Å²) in [5.41, 5.74) is 0.426. The summed E-state index contributed by atoms with van der Waals surface area (Å²) in [5.74, 6) is 1.16. The average Bonchev–Trinajstić information content (AvgIpc) is 3.00. The van der Waals surface area contributed by atoms with Crippen molar-refractivity contribution in [2.75, 3.05) is 11.9 Å². The molecule has 0 saturated heterocycles. The molecule has 25 heavy (non-hydrogen) atoms. The van der Waals surface area contributed by atoms with Crippen molar-refractivity contribution in [2.24, 2.45) is 0 Å². The van der Waals surface area contributed by atoms with Crippen molar-refractivity contribution < 1.29 is 8.84 Å². The normalized spacial score (nSPS) is 13.1. The summed E-state index contributed by atoms with van der Waals surface area (Å²) in [6, 6.07) is 1.80. The molecule has 0 amide bonds. The quantitative estimate of drug-likeness (QED) is 0.659. The van der Waals surface area contributed by atoms with E-state index in [1.54, 1.807) is 18.5 Å². The van der Waals surface area contributed by atoms with Crippen LogP contribution in [0.1, 0.15) is 34.6 Å². The second kappa shape index (κ2) is 7.09. The Bertz CT molecular complexity index is 710. The van der Waals surface area contributed by atoms with Crippen LogP contribution < -0.4 is 5.32 Å². The lowest BCUT2D eigenvalue weighted by Crippen LogP contribution is -2.47. The first-order valence-electron chi connectivity index (χ1n) is 8.39. The van der Waals surface area contributed by atoms with Gasteiger partial charge in [0.1, 0.15) is 12.1 Å². The molecule has 5 nitrogen and oxygen atoms in total. The van der Waals surface area contributed by atoms with Gasteiger partial charge in [0, 0.05) is 6.20 Å².